The van der Waals surface area contributed by atoms with Crippen LogP contribution in [0.5, 0.6) is 0 Å². The molecule has 0 spiro atoms. The molecule has 2 aromatic carbocycles. The van der Waals surface area contributed by atoms with Gasteiger partial charge in [-0.15, -0.1) is 0 Å². The molecule has 1 aliphatic heterocycles. The van der Waals surface area contributed by atoms with Crippen LogP contribution in [0, 0.1) is 0 Å². The highest BCUT2D eigenvalue weighted by Gasteiger charge is 2.32. The zero-order valence-corrected chi connectivity index (χ0v) is 15.6. The molecule has 0 saturated carbocycles. The number of amides is 1. The summed E-state index contributed by atoms with van der Waals surface area (Å²) in [5.74, 6) is 0.0245. The highest BCUT2D eigenvalue weighted by atomic mass is 35.5. The monoisotopic (exact) mass is 356 g/mol. The molecular formula is C21H25ClN2O. The van der Waals surface area contributed by atoms with Gasteiger partial charge < -0.3 is 9.80 Å². The maximum Gasteiger partial charge on any atom is 0.256 e. The van der Waals surface area contributed by atoms with Gasteiger partial charge in [-0.05, 0) is 57.6 Å². The first-order chi connectivity index (χ1) is 12.1. The lowest BCUT2D eigenvalue weighted by Gasteiger charge is -2.41. The average molecular weight is 357 g/mol. The van der Waals surface area contributed by atoms with E-state index in [1.165, 1.54) is 0 Å². The van der Waals surface area contributed by atoms with Gasteiger partial charge in [0, 0.05) is 6.04 Å². The van der Waals surface area contributed by atoms with Crippen molar-refractivity contribution in [2.75, 3.05) is 20.1 Å². The van der Waals surface area contributed by atoms with E-state index in [0.717, 1.165) is 31.5 Å². The van der Waals surface area contributed by atoms with Crippen molar-refractivity contribution in [1.29, 1.82) is 0 Å². The van der Waals surface area contributed by atoms with Crippen molar-refractivity contribution in [2.24, 2.45) is 0 Å². The van der Waals surface area contributed by atoms with Gasteiger partial charge in [0.1, 0.15) is 0 Å². The molecule has 25 heavy (non-hydrogen) atoms. The Morgan fingerprint density at radius 3 is 2.32 bits per heavy atom. The number of benzene rings is 2. The zero-order chi connectivity index (χ0) is 17.8. The van der Waals surface area contributed by atoms with E-state index >= 15 is 0 Å². The van der Waals surface area contributed by atoms with Crippen molar-refractivity contribution in [3.8, 4) is 0 Å². The number of halogens is 1. The minimum absolute atomic E-state index is 0.0124. The topological polar surface area (TPSA) is 23.6 Å². The van der Waals surface area contributed by atoms with E-state index < -0.39 is 0 Å². The van der Waals surface area contributed by atoms with Gasteiger partial charge in [0.05, 0.1) is 16.6 Å². The molecule has 1 amide bonds. The maximum absolute atomic E-state index is 13.4. The third-order valence-corrected chi connectivity index (χ3v) is 5.45. The standard InChI is InChI=1S/C21H25ClN2O/c1-16(17-8-4-3-5-9-17)24(18-12-14-23(2)15-13-18)21(25)19-10-6-7-11-20(19)22/h3-11,16,18H,12-15H2,1-2H3. The second kappa shape index (κ2) is 8.03. The van der Waals surface area contributed by atoms with Gasteiger partial charge in [-0.2, -0.15) is 0 Å². The Balaban J connectivity index is 1.94. The van der Waals surface area contributed by atoms with E-state index in [0.29, 0.717) is 10.6 Å². The van der Waals surface area contributed by atoms with Crippen molar-refractivity contribution in [3.05, 3.63) is 70.7 Å². The predicted molar refractivity (Wildman–Crippen MR) is 103 cm³/mol. The molecule has 0 bridgehead atoms. The van der Waals surface area contributed by atoms with E-state index in [1.807, 2.05) is 41.3 Å². The molecule has 1 unspecified atom stereocenters. The fraction of sp³-hybridized carbons (Fsp3) is 0.381. The molecule has 1 atom stereocenters. The van der Waals surface area contributed by atoms with Crippen LogP contribution in [-0.4, -0.2) is 41.9 Å². The molecule has 132 valence electrons. The highest BCUT2D eigenvalue weighted by Crippen LogP contribution is 2.30. The van der Waals surface area contributed by atoms with Crippen molar-refractivity contribution in [3.63, 3.8) is 0 Å². The lowest BCUT2D eigenvalue weighted by Crippen LogP contribution is -2.47. The maximum atomic E-state index is 13.4. The summed E-state index contributed by atoms with van der Waals surface area (Å²) >= 11 is 6.32. The molecule has 0 aromatic heterocycles. The summed E-state index contributed by atoms with van der Waals surface area (Å²) in [4.78, 5) is 17.8. The molecule has 3 nitrogen and oxygen atoms in total. The van der Waals surface area contributed by atoms with E-state index in [2.05, 4.69) is 31.0 Å². The first kappa shape index (κ1) is 18.0. The van der Waals surface area contributed by atoms with E-state index in [1.54, 1.807) is 6.07 Å². The van der Waals surface area contributed by atoms with Gasteiger partial charge in [-0.3, -0.25) is 4.79 Å². The van der Waals surface area contributed by atoms with Crippen molar-refractivity contribution in [1.82, 2.24) is 9.80 Å². The molecule has 1 heterocycles. The number of hydrogen-bond acceptors (Lipinski definition) is 2. The van der Waals surface area contributed by atoms with Gasteiger partial charge in [-0.25, -0.2) is 0 Å². The van der Waals surface area contributed by atoms with Crippen LogP contribution in [0.25, 0.3) is 0 Å². The molecule has 0 aliphatic carbocycles. The van der Waals surface area contributed by atoms with Crippen LogP contribution < -0.4 is 0 Å². The van der Waals surface area contributed by atoms with Gasteiger partial charge >= 0.3 is 0 Å². The van der Waals surface area contributed by atoms with Crippen LogP contribution >= 0.6 is 11.6 Å². The van der Waals surface area contributed by atoms with Crippen molar-refractivity contribution < 1.29 is 4.79 Å². The number of carbonyl (C=O) groups excluding carboxylic acids is 1. The summed E-state index contributed by atoms with van der Waals surface area (Å²) in [5.41, 5.74) is 1.74. The smallest absolute Gasteiger partial charge is 0.256 e. The minimum Gasteiger partial charge on any atom is -0.329 e. The Morgan fingerprint density at radius 2 is 1.68 bits per heavy atom. The Morgan fingerprint density at radius 1 is 1.08 bits per heavy atom. The number of carbonyl (C=O) groups is 1. The third-order valence-electron chi connectivity index (χ3n) is 5.12. The quantitative estimate of drug-likeness (QED) is 0.796. The van der Waals surface area contributed by atoms with Crippen LogP contribution in [0.3, 0.4) is 0 Å². The normalized spacial score (nSPS) is 17.2. The van der Waals surface area contributed by atoms with Gasteiger partial charge in [0.15, 0.2) is 0 Å². The summed E-state index contributed by atoms with van der Waals surface area (Å²) in [7, 11) is 2.14. The van der Waals surface area contributed by atoms with Gasteiger partial charge in [-0.1, -0.05) is 54.1 Å². The summed E-state index contributed by atoms with van der Waals surface area (Å²) in [5, 5.41) is 0.519. The molecular weight excluding hydrogens is 332 g/mol. The van der Waals surface area contributed by atoms with E-state index in [9.17, 15) is 4.79 Å². The fourth-order valence-corrected chi connectivity index (χ4v) is 3.81. The number of nitrogens with zero attached hydrogens (tertiary/aromatic N) is 2. The first-order valence-corrected chi connectivity index (χ1v) is 9.26. The molecule has 1 fully saturated rings. The number of rotatable bonds is 4. The average Bonchev–Trinajstić information content (AvgIpc) is 2.64. The highest BCUT2D eigenvalue weighted by molar-refractivity contribution is 6.33. The third kappa shape index (κ3) is 4.05. The Hall–Kier alpha value is -1.84. The van der Waals surface area contributed by atoms with E-state index in [4.69, 9.17) is 11.6 Å². The second-order valence-corrected chi connectivity index (χ2v) is 7.22. The van der Waals surface area contributed by atoms with Crippen molar-refractivity contribution >= 4 is 17.5 Å². The molecule has 1 aliphatic rings. The Labute approximate surface area is 155 Å². The first-order valence-electron chi connectivity index (χ1n) is 8.88. The van der Waals surface area contributed by atoms with Crippen molar-refractivity contribution in [2.45, 2.75) is 31.8 Å². The summed E-state index contributed by atoms with van der Waals surface area (Å²) in [6.07, 6.45) is 1.98. The predicted octanol–water partition coefficient (Wildman–Crippen LogP) is 4.64. The van der Waals surface area contributed by atoms with Crippen LogP contribution in [0.2, 0.25) is 5.02 Å². The van der Waals surface area contributed by atoms with Gasteiger partial charge in [0.2, 0.25) is 0 Å². The SMILES string of the molecule is CC(c1ccccc1)N(C(=O)c1ccccc1Cl)C1CCN(C)CC1. The van der Waals surface area contributed by atoms with Crippen LogP contribution in [-0.2, 0) is 0 Å². The molecule has 0 radical (unpaired) electrons. The second-order valence-electron chi connectivity index (χ2n) is 6.81. The number of piperidine rings is 1. The summed E-state index contributed by atoms with van der Waals surface area (Å²) < 4.78 is 0. The van der Waals surface area contributed by atoms with E-state index in [-0.39, 0.29) is 18.0 Å². The molecule has 4 heteroatoms. The fourth-order valence-electron chi connectivity index (χ4n) is 3.60. The summed E-state index contributed by atoms with van der Waals surface area (Å²) in [6.45, 7) is 4.14. The Kier molecular flexibility index (Phi) is 5.77. The molecule has 0 N–H and O–H groups in total. The summed E-state index contributed by atoms with van der Waals surface area (Å²) in [6, 6.07) is 17.8. The van der Waals surface area contributed by atoms with Crippen LogP contribution in [0.1, 0.15) is 41.7 Å². The Bertz CT molecular complexity index is 711. The van der Waals surface area contributed by atoms with Crippen LogP contribution in [0.4, 0.5) is 0 Å². The minimum atomic E-state index is 0.0124. The lowest BCUT2D eigenvalue weighted by atomic mass is 9.97. The lowest BCUT2D eigenvalue weighted by molar-refractivity contribution is 0.0480. The van der Waals surface area contributed by atoms with Crippen LogP contribution in [0.15, 0.2) is 54.6 Å². The number of hydrogen-bond donors (Lipinski definition) is 0. The van der Waals surface area contributed by atoms with Gasteiger partial charge in [0.25, 0.3) is 5.91 Å². The number of likely N-dealkylation sites (tertiary alicyclic amines) is 1. The molecule has 1 saturated heterocycles. The molecule has 2 aromatic rings. The largest absolute Gasteiger partial charge is 0.329 e. The molecule has 3 rings (SSSR count). The zero-order valence-electron chi connectivity index (χ0n) is 14.9.